The standard InChI is InChI=1S/C16H20N4O3S2/c1-10(2)15-18-19-16(20(15)12-5-6-12)24-9-14(21)11-3-7-13(8-4-11)25(17,22)23/h3-4,7-8,10,12H,5-6,9H2,1-2H3,(H2,17,22,23). The summed E-state index contributed by atoms with van der Waals surface area (Å²) in [5, 5.41) is 14.3. The largest absolute Gasteiger partial charge is 0.303 e. The normalized spacial score (nSPS) is 14.9. The fraction of sp³-hybridized carbons (Fsp3) is 0.438. The van der Waals surface area contributed by atoms with Gasteiger partial charge in [-0.1, -0.05) is 37.7 Å². The molecule has 1 aromatic heterocycles. The third-order valence-electron chi connectivity index (χ3n) is 3.96. The predicted molar refractivity (Wildman–Crippen MR) is 95.3 cm³/mol. The molecular formula is C16H20N4O3S2. The Morgan fingerprint density at radius 3 is 2.44 bits per heavy atom. The number of carbonyl (C=O) groups excluding carboxylic acids is 1. The van der Waals surface area contributed by atoms with Gasteiger partial charge in [-0.2, -0.15) is 0 Å². The molecule has 9 heteroatoms. The van der Waals surface area contributed by atoms with E-state index in [9.17, 15) is 13.2 Å². The van der Waals surface area contributed by atoms with Crippen molar-refractivity contribution < 1.29 is 13.2 Å². The lowest BCUT2D eigenvalue weighted by Gasteiger charge is -2.10. The lowest BCUT2D eigenvalue weighted by atomic mass is 10.1. The number of rotatable bonds is 7. The monoisotopic (exact) mass is 380 g/mol. The van der Waals surface area contributed by atoms with Crippen LogP contribution in [0.3, 0.4) is 0 Å². The van der Waals surface area contributed by atoms with Crippen molar-refractivity contribution in [2.24, 2.45) is 5.14 Å². The van der Waals surface area contributed by atoms with Crippen LogP contribution in [-0.2, 0) is 10.0 Å². The predicted octanol–water partition coefficient (Wildman–Crippen LogP) is 2.36. The van der Waals surface area contributed by atoms with Crippen LogP contribution in [-0.4, -0.2) is 34.7 Å². The van der Waals surface area contributed by atoms with E-state index in [1.807, 2.05) is 0 Å². The molecule has 1 heterocycles. The molecule has 0 atom stereocenters. The van der Waals surface area contributed by atoms with Crippen LogP contribution in [0.1, 0.15) is 54.8 Å². The number of benzene rings is 1. The highest BCUT2D eigenvalue weighted by atomic mass is 32.2. The Labute approximate surface area is 151 Å². The van der Waals surface area contributed by atoms with Gasteiger partial charge in [-0.15, -0.1) is 10.2 Å². The van der Waals surface area contributed by atoms with Crippen LogP contribution in [0.15, 0.2) is 34.3 Å². The fourth-order valence-corrected chi connectivity index (χ4v) is 3.92. The smallest absolute Gasteiger partial charge is 0.238 e. The first-order valence-corrected chi connectivity index (χ1v) is 10.5. The van der Waals surface area contributed by atoms with E-state index in [0.717, 1.165) is 23.8 Å². The van der Waals surface area contributed by atoms with E-state index in [1.165, 1.54) is 36.0 Å². The summed E-state index contributed by atoms with van der Waals surface area (Å²) in [6, 6.07) is 6.09. The fourth-order valence-electron chi connectivity index (χ4n) is 2.50. The number of sulfonamides is 1. The molecule has 25 heavy (non-hydrogen) atoms. The number of nitrogens with zero attached hydrogens (tertiary/aromatic N) is 3. The molecule has 3 rings (SSSR count). The Morgan fingerprint density at radius 2 is 1.92 bits per heavy atom. The molecule has 1 fully saturated rings. The van der Waals surface area contributed by atoms with E-state index in [2.05, 4.69) is 28.6 Å². The summed E-state index contributed by atoms with van der Waals surface area (Å²) < 4.78 is 24.7. The van der Waals surface area contributed by atoms with E-state index in [1.54, 1.807) is 0 Å². The molecule has 134 valence electrons. The maximum atomic E-state index is 12.4. The first-order valence-electron chi connectivity index (χ1n) is 8.01. The molecule has 0 bridgehead atoms. The third-order valence-corrected chi connectivity index (χ3v) is 5.83. The summed E-state index contributed by atoms with van der Waals surface area (Å²) in [6.07, 6.45) is 2.24. The molecule has 0 saturated heterocycles. The van der Waals surface area contributed by atoms with E-state index < -0.39 is 10.0 Å². The summed E-state index contributed by atoms with van der Waals surface area (Å²) in [4.78, 5) is 12.3. The topological polar surface area (TPSA) is 108 Å². The van der Waals surface area contributed by atoms with Crippen LogP contribution in [0.2, 0.25) is 0 Å². The zero-order chi connectivity index (χ0) is 18.2. The minimum absolute atomic E-state index is 0.00763. The minimum Gasteiger partial charge on any atom is -0.303 e. The summed E-state index contributed by atoms with van der Waals surface area (Å²) in [5.41, 5.74) is 0.446. The Balaban J connectivity index is 1.71. The van der Waals surface area contributed by atoms with E-state index in [4.69, 9.17) is 5.14 Å². The first kappa shape index (κ1) is 18.1. The molecule has 0 radical (unpaired) electrons. The van der Waals surface area contributed by atoms with Crippen LogP contribution in [0.4, 0.5) is 0 Å². The molecule has 7 nitrogen and oxygen atoms in total. The van der Waals surface area contributed by atoms with Gasteiger partial charge in [0.2, 0.25) is 10.0 Å². The quantitative estimate of drug-likeness (QED) is 0.583. The van der Waals surface area contributed by atoms with Gasteiger partial charge in [-0.3, -0.25) is 4.79 Å². The number of ketones is 1. The number of thioether (sulfide) groups is 1. The van der Waals surface area contributed by atoms with Crippen LogP contribution in [0.5, 0.6) is 0 Å². The molecular weight excluding hydrogens is 360 g/mol. The van der Waals surface area contributed by atoms with Gasteiger partial charge >= 0.3 is 0 Å². The molecule has 1 aliphatic carbocycles. The summed E-state index contributed by atoms with van der Waals surface area (Å²) in [6.45, 7) is 4.16. The van der Waals surface area contributed by atoms with Crippen LogP contribution in [0, 0.1) is 0 Å². The van der Waals surface area contributed by atoms with Gasteiger partial charge in [0, 0.05) is 17.5 Å². The van der Waals surface area contributed by atoms with Crippen molar-refractivity contribution in [2.75, 3.05) is 5.75 Å². The minimum atomic E-state index is -3.75. The van der Waals surface area contributed by atoms with Gasteiger partial charge in [0.15, 0.2) is 10.9 Å². The Hall–Kier alpha value is -1.71. The lowest BCUT2D eigenvalue weighted by molar-refractivity contribution is 0.102. The number of hydrogen-bond donors (Lipinski definition) is 1. The zero-order valence-electron chi connectivity index (χ0n) is 14.0. The molecule has 2 N–H and O–H groups in total. The van der Waals surface area contributed by atoms with Crippen molar-refractivity contribution >= 4 is 27.6 Å². The molecule has 0 amide bonds. The summed E-state index contributed by atoms with van der Waals surface area (Å²) in [5.74, 6) is 1.36. The molecule has 1 aromatic carbocycles. The van der Waals surface area contributed by atoms with Crippen LogP contribution in [0.25, 0.3) is 0 Å². The van der Waals surface area contributed by atoms with E-state index in [-0.39, 0.29) is 22.3 Å². The zero-order valence-corrected chi connectivity index (χ0v) is 15.7. The summed E-state index contributed by atoms with van der Waals surface area (Å²) in [7, 11) is -3.75. The van der Waals surface area contributed by atoms with Crippen LogP contribution >= 0.6 is 11.8 Å². The average molecular weight is 380 g/mol. The highest BCUT2D eigenvalue weighted by Gasteiger charge is 2.30. The number of Topliss-reactive ketones (excluding diaryl/α,β-unsaturated/α-hetero) is 1. The maximum absolute atomic E-state index is 12.4. The lowest BCUT2D eigenvalue weighted by Crippen LogP contribution is -2.12. The molecule has 1 saturated carbocycles. The van der Waals surface area contributed by atoms with Crippen molar-refractivity contribution in [1.29, 1.82) is 0 Å². The number of aromatic nitrogens is 3. The number of nitrogens with two attached hydrogens (primary N) is 1. The van der Waals surface area contributed by atoms with Crippen molar-refractivity contribution in [3.63, 3.8) is 0 Å². The molecule has 0 spiro atoms. The second-order valence-corrected chi connectivity index (χ2v) is 8.88. The highest BCUT2D eigenvalue weighted by molar-refractivity contribution is 7.99. The van der Waals surface area contributed by atoms with Gasteiger partial charge in [0.25, 0.3) is 0 Å². The molecule has 0 aliphatic heterocycles. The first-order chi connectivity index (χ1) is 11.8. The van der Waals surface area contributed by atoms with Gasteiger partial charge < -0.3 is 4.57 Å². The second kappa shape index (κ2) is 6.89. The highest BCUT2D eigenvalue weighted by Crippen LogP contribution is 2.40. The number of hydrogen-bond acceptors (Lipinski definition) is 6. The summed E-state index contributed by atoms with van der Waals surface area (Å²) >= 11 is 1.36. The van der Waals surface area contributed by atoms with Gasteiger partial charge in [0.05, 0.1) is 10.6 Å². The van der Waals surface area contributed by atoms with Crippen molar-refractivity contribution in [2.45, 2.75) is 48.7 Å². The number of primary sulfonamides is 1. The average Bonchev–Trinajstić information content (AvgIpc) is 3.30. The van der Waals surface area contributed by atoms with Crippen molar-refractivity contribution in [3.8, 4) is 0 Å². The number of carbonyl (C=O) groups is 1. The SMILES string of the molecule is CC(C)c1nnc(SCC(=O)c2ccc(S(N)(=O)=O)cc2)n1C1CC1. The molecule has 1 aliphatic rings. The maximum Gasteiger partial charge on any atom is 0.238 e. The molecule has 2 aromatic rings. The van der Waals surface area contributed by atoms with Gasteiger partial charge in [0.1, 0.15) is 5.82 Å². The Morgan fingerprint density at radius 1 is 1.28 bits per heavy atom. The Kier molecular flexibility index (Phi) is 4.99. The third kappa shape index (κ3) is 4.10. The van der Waals surface area contributed by atoms with Crippen molar-refractivity contribution in [1.82, 2.24) is 14.8 Å². The van der Waals surface area contributed by atoms with Gasteiger partial charge in [-0.05, 0) is 25.0 Å². The van der Waals surface area contributed by atoms with E-state index in [0.29, 0.717) is 11.6 Å². The molecule has 0 unspecified atom stereocenters. The van der Waals surface area contributed by atoms with E-state index >= 15 is 0 Å². The van der Waals surface area contributed by atoms with Crippen molar-refractivity contribution in [3.05, 3.63) is 35.7 Å². The van der Waals surface area contributed by atoms with Crippen LogP contribution < -0.4 is 5.14 Å². The second-order valence-electron chi connectivity index (χ2n) is 6.38. The van der Waals surface area contributed by atoms with Gasteiger partial charge in [-0.25, -0.2) is 13.6 Å². The Bertz CT molecular complexity index is 885.